The quantitative estimate of drug-likeness (QED) is 0.893. The largest absolute Gasteiger partial charge is 0.344 e. The number of aryl methyl sites for hydroxylation is 1. The minimum absolute atomic E-state index is 0.0593. The number of hydrogen-bond donors (Lipinski definition) is 2. The van der Waals surface area contributed by atoms with Crippen LogP contribution in [0.1, 0.15) is 50.2 Å². The number of aromatic nitrogens is 1. The van der Waals surface area contributed by atoms with Gasteiger partial charge in [-0.15, -0.1) is 11.3 Å². The van der Waals surface area contributed by atoms with Crippen molar-refractivity contribution in [1.29, 1.82) is 0 Å². The smallest absolute Gasteiger partial charge is 0.223 e. The van der Waals surface area contributed by atoms with Gasteiger partial charge in [0.25, 0.3) is 0 Å². The summed E-state index contributed by atoms with van der Waals surface area (Å²) in [5.74, 6) is 0.178. The number of nitrogens with two attached hydrogens (primary N) is 1. The molecule has 3 N–H and O–H groups in total. The van der Waals surface area contributed by atoms with Crippen LogP contribution >= 0.6 is 11.3 Å². The lowest BCUT2D eigenvalue weighted by molar-refractivity contribution is -0.127. The van der Waals surface area contributed by atoms with Gasteiger partial charge in [0.2, 0.25) is 5.91 Å². The van der Waals surface area contributed by atoms with Gasteiger partial charge < -0.3 is 11.1 Å². The van der Waals surface area contributed by atoms with Crippen LogP contribution in [0, 0.1) is 12.8 Å². The molecular weight excluding hydrogens is 258 g/mol. The van der Waals surface area contributed by atoms with Gasteiger partial charge in [0.05, 0.1) is 5.54 Å². The monoisotopic (exact) mass is 281 g/mol. The molecule has 0 spiro atoms. The molecule has 1 aromatic heterocycles. The summed E-state index contributed by atoms with van der Waals surface area (Å²) in [5, 5.41) is 6.10. The van der Waals surface area contributed by atoms with Crippen LogP contribution in [0.3, 0.4) is 0 Å². The molecule has 1 amide bonds. The van der Waals surface area contributed by atoms with E-state index in [1.54, 1.807) is 11.3 Å². The Morgan fingerprint density at radius 1 is 1.53 bits per heavy atom. The molecule has 0 saturated heterocycles. The van der Waals surface area contributed by atoms with Crippen LogP contribution < -0.4 is 11.1 Å². The molecule has 5 heteroatoms. The van der Waals surface area contributed by atoms with Crippen molar-refractivity contribution in [2.75, 3.05) is 0 Å². The maximum atomic E-state index is 12.3. The van der Waals surface area contributed by atoms with E-state index in [9.17, 15) is 4.79 Å². The molecule has 1 aliphatic rings. The van der Waals surface area contributed by atoms with Crippen molar-refractivity contribution < 1.29 is 4.79 Å². The highest BCUT2D eigenvalue weighted by molar-refractivity contribution is 7.09. The molecule has 4 nitrogen and oxygen atoms in total. The molecule has 0 bridgehead atoms. The summed E-state index contributed by atoms with van der Waals surface area (Å²) in [4.78, 5) is 16.8. The van der Waals surface area contributed by atoms with Crippen LogP contribution in [0.25, 0.3) is 0 Å². The highest BCUT2D eigenvalue weighted by Gasteiger charge is 2.31. The molecule has 106 valence electrons. The number of thiazole rings is 1. The van der Waals surface area contributed by atoms with Gasteiger partial charge in [-0.2, -0.15) is 0 Å². The number of carbonyl (C=O) groups excluding carboxylic acids is 1. The van der Waals surface area contributed by atoms with Crippen LogP contribution in [-0.2, 0) is 10.3 Å². The van der Waals surface area contributed by atoms with Crippen LogP contribution in [0.5, 0.6) is 0 Å². The number of nitrogens with zero attached hydrogens (tertiary/aromatic N) is 1. The van der Waals surface area contributed by atoms with E-state index < -0.39 is 5.54 Å². The van der Waals surface area contributed by atoms with Gasteiger partial charge in [0.1, 0.15) is 5.01 Å². The fourth-order valence-corrected chi connectivity index (χ4v) is 3.45. The minimum Gasteiger partial charge on any atom is -0.344 e. The van der Waals surface area contributed by atoms with Crippen molar-refractivity contribution >= 4 is 17.2 Å². The van der Waals surface area contributed by atoms with Gasteiger partial charge in [-0.05, 0) is 40.0 Å². The van der Waals surface area contributed by atoms with E-state index in [4.69, 9.17) is 5.73 Å². The third-order valence-electron chi connectivity index (χ3n) is 3.67. The molecule has 1 aliphatic carbocycles. The van der Waals surface area contributed by atoms with Crippen LogP contribution in [0.2, 0.25) is 0 Å². The first kappa shape index (κ1) is 14.5. The van der Waals surface area contributed by atoms with E-state index in [0.717, 1.165) is 36.4 Å². The van der Waals surface area contributed by atoms with E-state index in [1.165, 1.54) is 0 Å². The summed E-state index contributed by atoms with van der Waals surface area (Å²) in [6.45, 7) is 5.98. The number of carbonyl (C=O) groups is 1. The van der Waals surface area contributed by atoms with Crippen molar-refractivity contribution in [3.8, 4) is 0 Å². The van der Waals surface area contributed by atoms with Gasteiger partial charge in [-0.1, -0.05) is 6.42 Å². The number of amides is 1. The Bertz CT molecular complexity index is 455. The fourth-order valence-electron chi connectivity index (χ4n) is 2.57. The summed E-state index contributed by atoms with van der Waals surface area (Å²) in [6, 6.07) is 0.176. The van der Waals surface area contributed by atoms with E-state index in [2.05, 4.69) is 10.3 Å². The molecule has 2 unspecified atom stereocenters. The second-order valence-electron chi connectivity index (χ2n) is 6.03. The minimum atomic E-state index is -0.405. The molecule has 0 radical (unpaired) electrons. The molecule has 1 aromatic rings. The zero-order valence-electron chi connectivity index (χ0n) is 11.9. The SMILES string of the molecule is Cc1csc(C(C)(C)NC(=O)C2CCCC(N)C2)n1. The average Bonchev–Trinajstić information content (AvgIpc) is 2.76. The topological polar surface area (TPSA) is 68.0 Å². The summed E-state index contributed by atoms with van der Waals surface area (Å²) in [5.41, 5.74) is 6.55. The van der Waals surface area contributed by atoms with Gasteiger partial charge >= 0.3 is 0 Å². The predicted molar refractivity (Wildman–Crippen MR) is 78.0 cm³/mol. The lowest BCUT2D eigenvalue weighted by atomic mass is 9.85. The highest BCUT2D eigenvalue weighted by Crippen LogP contribution is 2.27. The van der Waals surface area contributed by atoms with Crippen molar-refractivity contribution in [2.24, 2.45) is 11.7 Å². The van der Waals surface area contributed by atoms with E-state index in [1.807, 2.05) is 26.2 Å². The lowest BCUT2D eigenvalue weighted by Crippen LogP contribution is -2.46. The zero-order chi connectivity index (χ0) is 14.0. The summed E-state index contributed by atoms with van der Waals surface area (Å²) in [7, 11) is 0. The van der Waals surface area contributed by atoms with E-state index >= 15 is 0 Å². The first-order valence-corrected chi connectivity index (χ1v) is 7.76. The van der Waals surface area contributed by atoms with Crippen molar-refractivity contribution in [1.82, 2.24) is 10.3 Å². The predicted octanol–water partition coefficient (Wildman–Crippen LogP) is 2.32. The van der Waals surface area contributed by atoms with E-state index in [-0.39, 0.29) is 17.9 Å². The molecular formula is C14H23N3OS. The first-order valence-electron chi connectivity index (χ1n) is 6.88. The van der Waals surface area contributed by atoms with Gasteiger partial charge in [-0.3, -0.25) is 4.79 Å². The van der Waals surface area contributed by atoms with Crippen molar-refractivity contribution in [2.45, 2.75) is 58.0 Å². The van der Waals surface area contributed by atoms with Gasteiger partial charge in [-0.25, -0.2) is 4.98 Å². The van der Waals surface area contributed by atoms with Gasteiger partial charge in [0, 0.05) is 23.0 Å². The lowest BCUT2D eigenvalue weighted by Gasteiger charge is -2.30. The molecule has 0 aliphatic heterocycles. The highest BCUT2D eigenvalue weighted by atomic mass is 32.1. The Morgan fingerprint density at radius 2 is 2.26 bits per heavy atom. The third kappa shape index (κ3) is 3.54. The molecule has 0 aromatic carbocycles. The Balaban J connectivity index is 2.01. The Hall–Kier alpha value is -0.940. The second kappa shape index (κ2) is 5.59. The summed E-state index contributed by atoms with van der Waals surface area (Å²) >= 11 is 1.60. The van der Waals surface area contributed by atoms with Crippen molar-refractivity contribution in [3.05, 3.63) is 16.1 Å². The van der Waals surface area contributed by atoms with Crippen molar-refractivity contribution in [3.63, 3.8) is 0 Å². The maximum absolute atomic E-state index is 12.3. The zero-order valence-corrected chi connectivity index (χ0v) is 12.7. The number of hydrogen-bond acceptors (Lipinski definition) is 4. The molecule has 1 saturated carbocycles. The molecule has 1 heterocycles. The van der Waals surface area contributed by atoms with Crippen LogP contribution in [0.4, 0.5) is 0 Å². The first-order chi connectivity index (χ1) is 8.88. The second-order valence-corrected chi connectivity index (χ2v) is 6.89. The molecule has 2 rings (SSSR count). The Labute approximate surface area is 118 Å². The Kier molecular flexibility index (Phi) is 4.26. The van der Waals surface area contributed by atoms with E-state index in [0.29, 0.717) is 0 Å². The fraction of sp³-hybridized carbons (Fsp3) is 0.714. The summed E-state index contributed by atoms with van der Waals surface area (Å²) in [6.07, 6.45) is 3.85. The van der Waals surface area contributed by atoms with Crippen LogP contribution in [-0.4, -0.2) is 16.9 Å². The average molecular weight is 281 g/mol. The number of rotatable bonds is 3. The molecule has 2 atom stereocenters. The maximum Gasteiger partial charge on any atom is 0.223 e. The molecule has 19 heavy (non-hydrogen) atoms. The van der Waals surface area contributed by atoms with Crippen LogP contribution in [0.15, 0.2) is 5.38 Å². The normalized spacial score (nSPS) is 24.2. The third-order valence-corrected chi connectivity index (χ3v) is 4.96. The number of nitrogens with one attached hydrogen (secondary N) is 1. The Morgan fingerprint density at radius 3 is 2.84 bits per heavy atom. The molecule has 1 fully saturated rings. The standard InChI is InChI=1S/C14H23N3OS/c1-9-8-19-13(16-9)14(2,3)17-12(18)10-5-4-6-11(15)7-10/h8,10-11H,4-7,15H2,1-3H3,(H,17,18). The summed E-state index contributed by atoms with van der Waals surface area (Å²) < 4.78 is 0. The van der Waals surface area contributed by atoms with Gasteiger partial charge in [0.15, 0.2) is 0 Å².